The van der Waals surface area contributed by atoms with E-state index in [1.165, 1.54) is 0 Å². The first-order chi connectivity index (χ1) is 10.7. The van der Waals surface area contributed by atoms with Crippen LogP contribution in [0.3, 0.4) is 0 Å². The molecule has 130 valence electrons. The summed E-state index contributed by atoms with van der Waals surface area (Å²) in [6.45, 7) is -0.0556. The number of aliphatic hydroxyl groups excluding tert-OH is 1. The Bertz CT molecular complexity index is 660. The number of halogens is 4. The van der Waals surface area contributed by atoms with E-state index in [1.54, 1.807) is 0 Å². The van der Waals surface area contributed by atoms with Crippen LogP contribution >= 0.6 is 0 Å². The summed E-state index contributed by atoms with van der Waals surface area (Å²) in [5, 5.41) is 11.8. The van der Waals surface area contributed by atoms with Crippen molar-refractivity contribution in [2.45, 2.75) is 42.1 Å². The molecule has 0 spiro atoms. The van der Waals surface area contributed by atoms with E-state index in [0.29, 0.717) is 18.9 Å². The predicted octanol–water partition coefficient (Wildman–Crippen LogP) is 3.08. The molecule has 0 aliphatic heterocycles. The van der Waals surface area contributed by atoms with Crippen molar-refractivity contribution in [1.82, 2.24) is 0 Å². The number of hydrogen-bond acceptors (Lipinski definition) is 4. The third-order valence-electron chi connectivity index (χ3n) is 4.04. The van der Waals surface area contributed by atoms with E-state index in [4.69, 9.17) is 5.11 Å². The number of hydrogen-bond donors (Lipinski definition) is 2. The van der Waals surface area contributed by atoms with E-state index >= 15 is 0 Å². The van der Waals surface area contributed by atoms with Crippen LogP contribution in [0.5, 0.6) is 0 Å². The number of nitrogens with one attached hydrogen (secondary N) is 1. The van der Waals surface area contributed by atoms with Gasteiger partial charge in [0.05, 0.1) is 5.69 Å². The SMILES string of the molecule is O=S(=O)(c1cc(F)ccc1NC1CCCC1CCO)C(F)(F)F. The third-order valence-corrected chi connectivity index (χ3v) is 5.56. The molecule has 4 nitrogen and oxygen atoms in total. The molecule has 2 unspecified atom stereocenters. The lowest BCUT2D eigenvalue weighted by Gasteiger charge is -2.23. The average Bonchev–Trinajstić information content (AvgIpc) is 2.87. The van der Waals surface area contributed by atoms with Crippen LogP contribution in [-0.4, -0.2) is 31.7 Å². The first-order valence-electron chi connectivity index (χ1n) is 7.15. The Labute approximate surface area is 131 Å². The molecular weight excluding hydrogens is 338 g/mol. The van der Waals surface area contributed by atoms with Gasteiger partial charge in [0.25, 0.3) is 9.84 Å². The summed E-state index contributed by atoms with van der Waals surface area (Å²) >= 11 is 0. The van der Waals surface area contributed by atoms with Gasteiger partial charge in [-0.25, -0.2) is 12.8 Å². The van der Waals surface area contributed by atoms with Gasteiger partial charge in [-0.05, 0) is 43.4 Å². The van der Waals surface area contributed by atoms with Crippen LogP contribution in [0.15, 0.2) is 23.1 Å². The molecule has 2 N–H and O–H groups in total. The Morgan fingerprint density at radius 1 is 1.26 bits per heavy atom. The van der Waals surface area contributed by atoms with Crippen LogP contribution in [0.1, 0.15) is 25.7 Å². The summed E-state index contributed by atoms with van der Waals surface area (Å²) in [7, 11) is -5.65. The number of benzene rings is 1. The molecule has 1 aromatic carbocycles. The molecule has 1 saturated carbocycles. The number of sulfone groups is 1. The van der Waals surface area contributed by atoms with E-state index in [1.807, 2.05) is 0 Å². The van der Waals surface area contributed by atoms with Gasteiger partial charge in [-0.2, -0.15) is 13.2 Å². The van der Waals surface area contributed by atoms with Gasteiger partial charge in [0.15, 0.2) is 0 Å². The molecule has 0 saturated heterocycles. The Morgan fingerprint density at radius 3 is 2.57 bits per heavy atom. The Hall–Kier alpha value is -1.35. The van der Waals surface area contributed by atoms with Gasteiger partial charge in [-0.15, -0.1) is 0 Å². The predicted molar refractivity (Wildman–Crippen MR) is 76.1 cm³/mol. The monoisotopic (exact) mass is 355 g/mol. The molecule has 2 rings (SSSR count). The maximum Gasteiger partial charge on any atom is 0.501 e. The van der Waals surface area contributed by atoms with Gasteiger partial charge < -0.3 is 10.4 Å². The third kappa shape index (κ3) is 3.77. The lowest BCUT2D eigenvalue weighted by Crippen LogP contribution is -2.28. The molecule has 0 radical (unpaired) electrons. The standard InChI is InChI=1S/C14H17F4NO3S/c15-10-4-5-12(13(8-10)23(21,22)14(16,17)18)19-11-3-1-2-9(11)6-7-20/h4-5,8-9,11,19-20H,1-3,6-7H2. The second kappa shape index (κ2) is 6.64. The number of alkyl halides is 3. The van der Waals surface area contributed by atoms with Gasteiger partial charge in [0.2, 0.25) is 0 Å². The zero-order chi connectivity index (χ0) is 17.3. The molecule has 1 aliphatic rings. The summed E-state index contributed by atoms with van der Waals surface area (Å²) in [4.78, 5) is -1.11. The molecular formula is C14H17F4NO3S. The minimum Gasteiger partial charge on any atom is -0.396 e. The van der Waals surface area contributed by atoms with E-state index in [2.05, 4.69) is 5.32 Å². The van der Waals surface area contributed by atoms with E-state index in [0.717, 1.165) is 25.0 Å². The van der Waals surface area contributed by atoms with Crippen molar-refractivity contribution in [2.75, 3.05) is 11.9 Å². The lowest BCUT2D eigenvalue weighted by molar-refractivity contribution is -0.0435. The van der Waals surface area contributed by atoms with Gasteiger partial charge in [-0.1, -0.05) is 6.42 Å². The molecule has 0 aromatic heterocycles. The van der Waals surface area contributed by atoms with Crippen LogP contribution < -0.4 is 5.32 Å². The van der Waals surface area contributed by atoms with Crippen molar-refractivity contribution < 1.29 is 31.1 Å². The molecule has 0 bridgehead atoms. The maximum absolute atomic E-state index is 13.3. The van der Waals surface area contributed by atoms with E-state index in [-0.39, 0.29) is 24.3 Å². The highest BCUT2D eigenvalue weighted by atomic mass is 32.2. The first kappa shape index (κ1) is 18.0. The molecule has 1 aliphatic carbocycles. The average molecular weight is 355 g/mol. The van der Waals surface area contributed by atoms with Crippen molar-refractivity contribution in [3.8, 4) is 0 Å². The highest BCUT2D eigenvalue weighted by molar-refractivity contribution is 7.92. The molecule has 9 heteroatoms. The van der Waals surface area contributed by atoms with Crippen molar-refractivity contribution in [3.05, 3.63) is 24.0 Å². The zero-order valence-electron chi connectivity index (χ0n) is 12.1. The molecule has 1 aromatic rings. The van der Waals surface area contributed by atoms with Crippen molar-refractivity contribution in [3.63, 3.8) is 0 Å². The van der Waals surface area contributed by atoms with Crippen LogP contribution in [-0.2, 0) is 9.84 Å². The molecule has 0 heterocycles. The van der Waals surface area contributed by atoms with E-state index in [9.17, 15) is 26.0 Å². The normalized spacial score (nSPS) is 22.3. The smallest absolute Gasteiger partial charge is 0.396 e. The first-order valence-corrected chi connectivity index (χ1v) is 8.63. The fourth-order valence-corrected chi connectivity index (χ4v) is 3.83. The Kier molecular flexibility index (Phi) is 5.20. The number of aliphatic hydroxyl groups is 1. The summed E-state index contributed by atoms with van der Waals surface area (Å²) < 4.78 is 74.9. The second-order valence-corrected chi connectivity index (χ2v) is 7.45. The summed E-state index contributed by atoms with van der Waals surface area (Å²) in [5.74, 6) is -1.02. The van der Waals surface area contributed by atoms with Crippen molar-refractivity contribution >= 4 is 15.5 Å². The van der Waals surface area contributed by atoms with Gasteiger partial charge >= 0.3 is 5.51 Å². The topological polar surface area (TPSA) is 66.4 Å². The van der Waals surface area contributed by atoms with Crippen molar-refractivity contribution in [1.29, 1.82) is 0 Å². The Morgan fingerprint density at radius 2 is 1.96 bits per heavy atom. The highest BCUT2D eigenvalue weighted by Gasteiger charge is 2.48. The van der Waals surface area contributed by atoms with Crippen LogP contribution in [0, 0.1) is 11.7 Å². The highest BCUT2D eigenvalue weighted by Crippen LogP contribution is 2.37. The largest absolute Gasteiger partial charge is 0.501 e. The number of rotatable bonds is 5. The quantitative estimate of drug-likeness (QED) is 0.797. The molecule has 0 amide bonds. The lowest BCUT2D eigenvalue weighted by atomic mass is 10.00. The van der Waals surface area contributed by atoms with Gasteiger partial charge in [0.1, 0.15) is 10.7 Å². The van der Waals surface area contributed by atoms with E-state index < -0.39 is 26.1 Å². The Balaban J connectivity index is 2.37. The summed E-state index contributed by atoms with van der Waals surface area (Å²) in [6, 6.07) is 2.03. The number of anilines is 1. The van der Waals surface area contributed by atoms with Crippen LogP contribution in [0.25, 0.3) is 0 Å². The second-order valence-electron chi connectivity index (χ2n) is 5.54. The molecule has 1 fully saturated rings. The minimum atomic E-state index is -5.65. The summed E-state index contributed by atoms with van der Waals surface area (Å²) in [6.07, 6.45) is 2.74. The van der Waals surface area contributed by atoms with Crippen molar-refractivity contribution in [2.24, 2.45) is 5.92 Å². The van der Waals surface area contributed by atoms with Crippen LogP contribution in [0.2, 0.25) is 0 Å². The zero-order valence-corrected chi connectivity index (χ0v) is 12.9. The maximum atomic E-state index is 13.3. The fourth-order valence-electron chi connectivity index (χ4n) is 2.90. The minimum absolute atomic E-state index is 0.0338. The van der Waals surface area contributed by atoms with Gasteiger partial charge in [-0.3, -0.25) is 0 Å². The summed E-state index contributed by atoms with van der Waals surface area (Å²) in [5.41, 5.74) is -5.77. The fraction of sp³-hybridized carbons (Fsp3) is 0.571. The van der Waals surface area contributed by atoms with Gasteiger partial charge in [0, 0.05) is 12.6 Å². The molecule has 23 heavy (non-hydrogen) atoms. The molecule has 2 atom stereocenters. The van der Waals surface area contributed by atoms with Crippen LogP contribution in [0.4, 0.5) is 23.2 Å².